The summed E-state index contributed by atoms with van der Waals surface area (Å²) in [6.07, 6.45) is 1.77. The molecule has 0 aliphatic rings. The molecule has 0 saturated heterocycles. The first-order valence-corrected chi connectivity index (χ1v) is 7.23. The van der Waals surface area contributed by atoms with E-state index in [1.165, 1.54) is 0 Å². The van der Waals surface area contributed by atoms with Gasteiger partial charge in [0.2, 0.25) is 5.95 Å². The van der Waals surface area contributed by atoms with Gasteiger partial charge in [0.15, 0.2) is 0 Å². The van der Waals surface area contributed by atoms with Crippen LogP contribution in [0, 0.1) is 13.8 Å². The van der Waals surface area contributed by atoms with Crippen molar-refractivity contribution in [1.82, 2.24) is 9.97 Å². The van der Waals surface area contributed by atoms with Crippen molar-refractivity contribution in [3.63, 3.8) is 0 Å². The molecule has 0 aliphatic heterocycles. The molecule has 0 radical (unpaired) electrons. The summed E-state index contributed by atoms with van der Waals surface area (Å²) < 4.78 is 5.35. The lowest BCUT2D eigenvalue weighted by Crippen LogP contribution is -2.06. The fourth-order valence-electron chi connectivity index (χ4n) is 1.94. The highest BCUT2D eigenvalue weighted by atomic mass is 35.5. The summed E-state index contributed by atoms with van der Waals surface area (Å²) in [4.78, 5) is 8.81. The molecule has 1 aromatic heterocycles. The number of rotatable bonds is 6. The van der Waals surface area contributed by atoms with E-state index in [4.69, 9.17) is 16.3 Å². The second-order valence-corrected chi connectivity index (χ2v) is 5.22. The fraction of sp³-hybridized carbons (Fsp3) is 0.250. The summed E-state index contributed by atoms with van der Waals surface area (Å²) in [5.74, 6) is 1.87. The molecule has 1 heterocycles. The summed E-state index contributed by atoms with van der Waals surface area (Å²) in [6.45, 7) is 8.16. The first-order valence-electron chi connectivity index (χ1n) is 6.85. The van der Waals surface area contributed by atoms with Gasteiger partial charge in [0, 0.05) is 29.4 Å². The first kappa shape index (κ1) is 16.1. The number of hydrogen-bond acceptors (Lipinski definition) is 5. The Kier molecular flexibility index (Phi) is 5.22. The third-order valence-corrected chi connectivity index (χ3v) is 3.42. The van der Waals surface area contributed by atoms with E-state index in [1.54, 1.807) is 19.3 Å². The van der Waals surface area contributed by atoms with Crippen LogP contribution in [0.4, 0.5) is 17.5 Å². The Bertz CT molecular complexity index is 688. The van der Waals surface area contributed by atoms with E-state index >= 15 is 0 Å². The molecule has 1 aromatic carbocycles. The number of aryl methyl sites for hydroxylation is 2. The standard InChI is InChI=1S/C16H19ClN4O/c1-5-6-18-15-8-11(3)19-16(21-15)20-13-7-10(2)12(17)9-14(13)22-4/h5,7-9H,1,6H2,2-4H3,(H2,18,19,20,21). The predicted octanol–water partition coefficient (Wildman–Crippen LogP) is 4.10. The van der Waals surface area contributed by atoms with E-state index in [0.717, 1.165) is 22.8 Å². The van der Waals surface area contributed by atoms with Crippen LogP contribution in [0.3, 0.4) is 0 Å². The number of ether oxygens (including phenoxy) is 1. The van der Waals surface area contributed by atoms with Gasteiger partial charge in [0.25, 0.3) is 0 Å². The number of benzene rings is 1. The second kappa shape index (κ2) is 7.13. The fourth-order valence-corrected chi connectivity index (χ4v) is 2.10. The van der Waals surface area contributed by atoms with Crippen LogP contribution in [0.5, 0.6) is 5.75 Å². The van der Waals surface area contributed by atoms with Gasteiger partial charge in [-0.15, -0.1) is 6.58 Å². The number of anilines is 3. The third-order valence-electron chi connectivity index (χ3n) is 3.01. The maximum absolute atomic E-state index is 6.12. The normalized spacial score (nSPS) is 10.2. The lowest BCUT2D eigenvalue weighted by molar-refractivity contribution is 0.416. The Morgan fingerprint density at radius 1 is 1.27 bits per heavy atom. The average molecular weight is 319 g/mol. The molecule has 2 aromatic rings. The van der Waals surface area contributed by atoms with Gasteiger partial charge in [-0.2, -0.15) is 4.98 Å². The van der Waals surface area contributed by atoms with Crippen molar-refractivity contribution in [2.75, 3.05) is 24.3 Å². The summed E-state index contributed by atoms with van der Waals surface area (Å²) in [5.41, 5.74) is 2.57. The Labute approximate surface area is 135 Å². The highest BCUT2D eigenvalue weighted by molar-refractivity contribution is 6.31. The van der Waals surface area contributed by atoms with Gasteiger partial charge >= 0.3 is 0 Å². The van der Waals surface area contributed by atoms with Crippen LogP contribution in [0.15, 0.2) is 30.9 Å². The zero-order chi connectivity index (χ0) is 16.1. The zero-order valence-electron chi connectivity index (χ0n) is 12.9. The Hall–Kier alpha value is -2.27. The van der Waals surface area contributed by atoms with Crippen molar-refractivity contribution in [1.29, 1.82) is 0 Å². The van der Waals surface area contributed by atoms with Crippen molar-refractivity contribution in [3.05, 3.63) is 47.1 Å². The van der Waals surface area contributed by atoms with Crippen molar-refractivity contribution >= 4 is 29.1 Å². The minimum atomic E-state index is 0.492. The monoisotopic (exact) mass is 318 g/mol. The average Bonchev–Trinajstić information content (AvgIpc) is 2.48. The summed E-state index contributed by atoms with van der Waals surface area (Å²) in [7, 11) is 1.60. The SMILES string of the molecule is C=CCNc1cc(C)nc(Nc2cc(C)c(Cl)cc2OC)n1. The van der Waals surface area contributed by atoms with E-state index in [9.17, 15) is 0 Å². The van der Waals surface area contributed by atoms with E-state index in [1.807, 2.05) is 26.0 Å². The molecule has 0 amide bonds. The van der Waals surface area contributed by atoms with Crippen LogP contribution in [0.25, 0.3) is 0 Å². The molecule has 0 atom stereocenters. The minimum absolute atomic E-state index is 0.492. The number of hydrogen-bond donors (Lipinski definition) is 2. The van der Waals surface area contributed by atoms with E-state index < -0.39 is 0 Å². The summed E-state index contributed by atoms with van der Waals surface area (Å²) >= 11 is 6.12. The summed E-state index contributed by atoms with van der Waals surface area (Å²) in [5, 5.41) is 6.98. The molecular formula is C16H19ClN4O. The molecule has 116 valence electrons. The maximum Gasteiger partial charge on any atom is 0.229 e. The van der Waals surface area contributed by atoms with Crippen molar-refractivity contribution < 1.29 is 4.74 Å². The molecule has 2 N–H and O–H groups in total. The molecule has 5 nitrogen and oxygen atoms in total. The number of aromatic nitrogens is 2. The maximum atomic E-state index is 6.12. The van der Waals surface area contributed by atoms with Gasteiger partial charge in [-0.3, -0.25) is 0 Å². The van der Waals surface area contributed by atoms with Crippen LogP contribution in [-0.2, 0) is 0 Å². The van der Waals surface area contributed by atoms with Crippen LogP contribution >= 0.6 is 11.6 Å². The quantitative estimate of drug-likeness (QED) is 0.785. The van der Waals surface area contributed by atoms with Gasteiger partial charge in [-0.25, -0.2) is 4.98 Å². The van der Waals surface area contributed by atoms with Crippen molar-refractivity contribution in [3.8, 4) is 5.75 Å². The topological polar surface area (TPSA) is 59.1 Å². The molecule has 0 spiro atoms. The lowest BCUT2D eigenvalue weighted by Gasteiger charge is -2.13. The van der Waals surface area contributed by atoms with E-state index in [-0.39, 0.29) is 0 Å². The van der Waals surface area contributed by atoms with Crippen molar-refractivity contribution in [2.45, 2.75) is 13.8 Å². The number of nitrogens with one attached hydrogen (secondary N) is 2. The van der Waals surface area contributed by atoms with Gasteiger partial charge in [-0.05, 0) is 25.5 Å². The van der Waals surface area contributed by atoms with Gasteiger partial charge in [0.05, 0.1) is 12.8 Å². The van der Waals surface area contributed by atoms with E-state index in [2.05, 4.69) is 27.2 Å². The highest BCUT2D eigenvalue weighted by Crippen LogP contribution is 2.32. The first-order chi connectivity index (χ1) is 10.5. The third kappa shape index (κ3) is 3.89. The number of halogens is 1. The highest BCUT2D eigenvalue weighted by Gasteiger charge is 2.09. The molecule has 0 bridgehead atoms. The predicted molar refractivity (Wildman–Crippen MR) is 91.5 cm³/mol. The zero-order valence-corrected chi connectivity index (χ0v) is 13.7. The number of nitrogens with zero attached hydrogens (tertiary/aromatic N) is 2. The smallest absolute Gasteiger partial charge is 0.229 e. The molecule has 0 fully saturated rings. The van der Waals surface area contributed by atoms with Crippen LogP contribution < -0.4 is 15.4 Å². The largest absolute Gasteiger partial charge is 0.495 e. The minimum Gasteiger partial charge on any atom is -0.495 e. The molecule has 0 unspecified atom stereocenters. The molecule has 2 rings (SSSR count). The van der Waals surface area contributed by atoms with Crippen LogP contribution in [0.2, 0.25) is 5.02 Å². The van der Waals surface area contributed by atoms with Gasteiger partial charge < -0.3 is 15.4 Å². The molecule has 22 heavy (non-hydrogen) atoms. The lowest BCUT2D eigenvalue weighted by atomic mass is 10.2. The van der Waals surface area contributed by atoms with E-state index in [0.29, 0.717) is 23.3 Å². The Balaban J connectivity index is 2.32. The Morgan fingerprint density at radius 3 is 2.73 bits per heavy atom. The molecule has 0 aliphatic carbocycles. The Morgan fingerprint density at radius 2 is 2.05 bits per heavy atom. The van der Waals surface area contributed by atoms with Crippen LogP contribution in [0.1, 0.15) is 11.3 Å². The molecule has 0 saturated carbocycles. The van der Waals surface area contributed by atoms with Crippen LogP contribution in [-0.4, -0.2) is 23.6 Å². The molecular weight excluding hydrogens is 300 g/mol. The second-order valence-electron chi connectivity index (χ2n) is 4.81. The van der Waals surface area contributed by atoms with Gasteiger partial charge in [-0.1, -0.05) is 17.7 Å². The molecule has 6 heteroatoms. The summed E-state index contributed by atoms with van der Waals surface area (Å²) in [6, 6.07) is 5.55. The number of methoxy groups -OCH3 is 1. The van der Waals surface area contributed by atoms with Gasteiger partial charge in [0.1, 0.15) is 11.6 Å². The van der Waals surface area contributed by atoms with Crippen molar-refractivity contribution in [2.24, 2.45) is 0 Å².